The van der Waals surface area contributed by atoms with Gasteiger partial charge in [0.2, 0.25) is 0 Å². The second kappa shape index (κ2) is 5.55. The molecule has 0 heterocycles. The standard InChI is InChI=1S/C24H36O3/c1-20-9-7-17(26)14-16(20)6-10-24(5)22(3)11-8-18(19(27)15-25)21(22,2)12-13-23(20,24)4/h14,18,25H,6-13,15H2,1-5H3/t18-,20+,21+,22-,23-,24+/m0/s1. The fourth-order valence-corrected chi connectivity index (χ4v) is 8.56. The molecule has 4 aliphatic carbocycles. The molecule has 0 radical (unpaired) electrons. The molecule has 6 atom stereocenters. The molecule has 1 N–H and O–H groups in total. The summed E-state index contributed by atoms with van der Waals surface area (Å²) in [6.07, 6.45) is 9.85. The molecule has 3 fully saturated rings. The summed E-state index contributed by atoms with van der Waals surface area (Å²) in [4.78, 5) is 24.7. The van der Waals surface area contributed by atoms with Gasteiger partial charge in [-0.1, -0.05) is 40.2 Å². The molecular weight excluding hydrogens is 336 g/mol. The number of hydrogen-bond donors (Lipinski definition) is 1. The minimum atomic E-state index is -0.322. The van der Waals surface area contributed by atoms with Crippen LogP contribution in [0.25, 0.3) is 0 Å². The highest BCUT2D eigenvalue weighted by atomic mass is 16.3. The number of carbonyl (C=O) groups excluding carboxylic acids is 2. The quantitative estimate of drug-likeness (QED) is 0.752. The summed E-state index contributed by atoms with van der Waals surface area (Å²) in [5, 5.41) is 9.56. The molecule has 0 amide bonds. The van der Waals surface area contributed by atoms with Crippen LogP contribution in [0, 0.1) is 33.0 Å². The second-order valence-electron chi connectivity index (χ2n) is 11.1. The molecule has 0 aromatic rings. The van der Waals surface area contributed by atoms with E-state index in [9.17, 15) is 14.7 Å². The van der Waals surface area contributed by atoms with Gasteiger partial charge in [0.1, 0.15) is 6.61 Å². The summed E-state index contributed by atoms with van der Waals surface area (Å²) >= 11 is 0. The van der Waals surface area contributed by atoms with Crippen LogP contribution >= 0.6 is 0 Å². The van der Waals surface area contributed by atoms with Gasteiger partial charge in [-0.15, -0.1) is 0 Å². The van der Waals surface area contributed by atoms with E-state index >= 15 is 0 Å². The maximum atomic E-state index is 12.6. The molecular formula is C24H36O3. The predicted molar refractivity (Wildman–Crippen MR) is 106 cm³/mol. The van der Waals surface area contributed by atoms with E-state index < -0.39 is 0 Å². The molecule has 0 saturated heterocycles. The molecule has 150 valence electrons. The first-order chi connectivity index (χ1) is 12.5. The molecule has 3 heteroatoms. The molecule has 0 spiro atoms. The van der Waals surface area contributed by atoms with Gasteiger partial charge >= 0.3 is 0 Å². The fourth-order valence-electron chi connectivity index (χ4n) is 8.56. The van der Waals surface area contributed by atoms with Gasteiger partial charge in [0, 0.05) is 12.3 Å². The molecule has 4 rings (SSSR count). The molecule has 27 heavy (non-hydrogen) atoms. The second-order valence-corrected chi connectivity index (χ2v) is 11.1. The van der Waals surface area contributed by atoms with Crippen molar-refractivity contribution in [1.29, 1.82) is 0 Å². The number of fused-ring (bicyclic) bond motifs is 5. The molecule has 4 aliphatic rings. The zero-order valence-electron chi connectivity index (χ0n) is 17.8. The first-order valence-electron chi connectivity index (χ1n) is 10.9. The maximum absolute atomic E-state index is 12.6. The van der Waals surface area contributed by atoms with Gasteiger partial charge < -0.3 is 5.11 Å². The molecule has 3 nitrogen and oxygen atoms in total. The summed E-state index contributed by atoms with van der Waals surface area (Å²) in [5.41, 5.74) is 1.77. The number of ketones is 2. The number of hydrogen-bond acceptors (Lipinski definition) is 3. The lowest BCUT2D eigenvalue weighted by atomic mass is 9.31. The van der Waals surface area contributed by atoms with Crippen LogP contribution in [0.3, 0.4) is 0 Å². The smallest absolute Gasteiger partial charge is 0.161 e. The summed E-state index contributed by atoms with van der Waals surface area (Å²) in [7, 11) is 0. The number of aliphatic hydroxyl groups is 1. The molecule has 0 aromatic heterocycles. The maximum Gasteiger partial charge on any atom is 0.161 e. The molecule has 0 aromatic carbocycles. The Hall–Kier alpha value is -0.960. The van der Waals surface area contributed by atoms with Crippen LogP contribution in [0.15, 0.2) is 11.6 Å². The Morgan fingerprint density at radius 1 is 0.963 bits per heavy atom. The van der Waals surface area contributed by atoms with E-state index in [1.165, 1.54) is 5.57 Å². The summed E-state index contributed by atoms with van der Waals surface area (Å²) in [5.74, 6) is 0.335. The normalized spacial score (nSPS) is 51.9. The van der Waals surface area contributed by atoms with E-state index in [1.807, 2.05) is 6.08 Å². The number of carbonyl (C=O) groups is 2. The van der Waals surface area contributed by atoms with E-state index in [2.05, 4.69) is 34.6 Å². The Morgan fingerprint density at radius 2 is 1.67 bits per heavy atom. The molecule has 0 bridgehead atoms. The average Bonchev–Trinajstić information content (AvgIpc) is 2.91. The zero-order valence-corrected chi connectivity index (χ0v) is 17.8. The van der Waals surface area contributed by atoms with Gasteiger partial charge in [0.05, 0.1) is 0 Å². The van der Waals surface area contributed by atoms with Crippen LogP contribution in [0.4, 0.5) is 0 Å². The lowest BCUT2D eigenvalue weighted by Gasteiger charge is -2.73. The van der Waals surface area contributed by atoms with E-state index in [1.54, 1.807) is 0 Å². The minimum Gasteiger partial charge on any atom is -0.389 e. The summed E-state index contributed by atoms with van der Waals surface area (Å²) in [6, 6.07) is 0. The number of rotatable bonds is 2. The Labute approximate surface area is 164 Å². The first kappa shape index (κ1) is 19.4. The van der Waals surface area contributed by atoms with Crippen LogP contribution in [-0.2, 0) is 9.59 Å². The lowest BCUT2D eigenvalue weighted by molar-refractivity contribution is -0.226. The van der Waals surface area contributed by atoms with Crippen molar-refractivity contribution in [3.63, 3.8) is 0 Å². The minimum absolute atomic E-state index is 0.00782. The lowest BCUT2D eigenvalue weighted by Crippen LogP contribution is -2.66. The predicted octanol–water partition coefficient (Wildman–Crippen LogP) is 4.87. The van der Waals surface area contributed by atoms with Crippen molar-refractivity contribution in [3.05, 3.63) is 11.6 Å². The summed E-state index contributed by atoms with van der Waals surface area (Å²) in [6.45, 7) is 11.9. The number of allylic oxidation sites excluding steroid dienone is 1. The Morgan fingerprint density at radius 3 is 2.33 bits per heavy atom. The van der Waals surface area contributed by atoms with Crippen LogP contribution in [-0.4, -0.2) is 23.3 Å². The van der Waals surface area contributed by atoms with Crippen LogP contribution in [0.2, 0.25) is 0 Å². The van der Waals surface area contributed by atoms with Gasteiger partial charge in [0.25, 0.3) is 0 Å². The van der Waals surface area contributed by atoms with E-state index in [0.29, 0.717) is 12.2 Å². The van der Waals surface area contributed by atoms with Crippen molar-refractivity contribution in [1.82, 2.24) is 0 Å². The van der Waals surface area contributed by atoms with Gasteiger partial charge in [-0.05, 0) is 78.1 Å². The van der Waals surface area contributed by atoms with Crippen molar-refractivity contribution >= 4 is 11.6 Å². The Bertz CT molecular complexity index is 738. The van der Waals surface area contributed by atoms with Crippen molar-refractivity contribution in [2.75, 3.05) is 6.61 Å². The van der Waals surface area contributed by atoms with E-state index in [-0.39, 0.29) is 45.4 Å². The molecule has 0 aliphatic heterocycles. The first-order valence-corrected chi connectivity index (χ1v) is 10.9. The topological polar surface area (TPSA) is 54.4 Å². The van der Waals surface area contributed by atoms with E-state index in [0.717, 1.165) is 44.9 Å². The average molecular weight is 373 g/mol. The van der Waals surface area contributed by atoms with Crippen molar-refractivity contribution in [2.24, 2.45) is 33.0 Å². The van der Waals surface area contributed by atoms with Crippen LogP contribution < -0.4 is 0 Å². The Kier molecular flexibility index (Phi) is 3.98. The summed E-state index contributed by atoms with van der Waals surface area (Å²) < 4.78 is 0. The van der Waals surface area contributed by atoms with Crippen molar-refractivity contribution < 1.29 is 14.7 Å². The van der Waals surface area contributed by atoms with Crippen molar-refractivity contribution in [3.8, 4) is 0 Å². The largest absolute Gasteiger partial charge is 0.389 e. The van der Waals surface area contributed by atoms with Gasteiger partial charge in [0.15, 0.2) is 11.6 Å². The van der Waals surface area contributed by atoms with Crippen LogP contribution in [0.1, 0.15) is 86.0 Å². The third-order valence-corrected chi connectivity index (χ3v) is 11.1. The molecule has 0 unspecified atom stereocenters. The number of Topliss-reactive ketones (excluding diaryl/α,β-unsaturated/α-hetero) is 1. The van der Waals surface area contributed by atoms with Crippen molar-refractivity contribution in [2.45, 2.75) is 86.0 Å². The highest BCUT2D eigenvalue weighted by Crippen LogP contribution is 2.81. The third kappa shape index (κ3) is 1.97. The van der Waals surface area contributed by atoms with Gasteiger partial charge in [-0.25, -0.2) is 0 Å². The number of aliphatic hydroxyl groups excluding tert-OH is 1. The van der Waals surface area contributed by atoms with Gasteiger partial charge in [-0.2, -0.15) is 0 Å². The fraction of sp³-hybridized carbons (Fsp3) is 0.833. The third-order valence-electron chi connectivity index (χ3n) is 11.1. The molecule has 3 saturated carbocycles. The highest BCUT2D eigenvalue weighted by Gasteiger charge is 2.74. The van der Waals surface area contributed by atoms with E-state index in [4.69, 9.17) is 0 Å². The zero-order chi connectivity index (χ0) is 19.9. The van der Waals surface area contributed by atoms with Crippen LogP contribution in [0.5, 0.6) is 0 Å². The highest BCUT2D eigenvalue weighted by molar-refractivity contribution is 5.91. The SMILES string of the molecule is C[C@]12CCC3=CC(=O)CC[C@@]3(C)[C@]1(C)CC[C@]1(C)[C@H](C(=O)CO)CC[C@]21C. The van der Waals surface area contributed by atoms with Gasteiger partial charge in [-0.3, -0.25) is 9.59 Å². The monoisotopic (exact) mass is 372 g/mol. The Balaban J connectivity index is 1.84.